The molecule has 0 fully saturated rings. The molecule has 0 saturated carbocycles. The van der Waals surface area contributed by atoms with Gasteiger partial charge in [0.15, 0.2) is 18.1 Å². The van der Waals surface area contributed by atoms with Gasteiger partial charge in [-0.1, -0.05) is 18.2 Å². The van der Waals surface area contributed by atoms with Crippen LogP contribution in [0.1, 0.15) is 16.7 Å². The number of phenols is 1. The van der Waals surface area contributed by atoms with Crippen LogP contribution in [-0.2, 0) is 9.59 Å². The predicted octanol–water partition coefficient (Wildman–Crippen LogP) is 4.58. The summed E-state index contributed by atoms with van der Waals surface area (Å²) in [7, 11) is 1.45. The van der Waals surface area contributed by atoms with Crippen molar-refractivity contribution < 1.29 is 24.2 Å². The fourth-order valence-electron chi connectivity index (χ4n) is 3.17. The maximum Gasteiger partial charge on any atom is 0.266 e. The molecule has 0 aliphatic heterocycles. The Balaban J connectivity index is 1.68. The molecule has 3 rings (SSSR count). The Morgan fingerprint density at radius 2 is 1.77 bits per heavy atom. The van der Waals surface area contributed by atoms with Crippen LogP contribution in [-0.4, -0.2) is 30.6 Å². The van der Waals surface area contributed by atoms with Gasteiger partial charge in [0.2, 0.25) is 0 Å². The number of ether oxygens (including phenoxy) is 2. The minimum atomic E-state index is -0.597. The molecule has 0 aromatic heterocycles. The number of nitrogens with one attached hydrogen (secondary N) is 2. The summed E-state index contributed by atoms with van der Waals surface area (Å²) < 4.78 is 11.0. The smallest absolute Gasteiger partial charge is 0.266 e. The molecule has 2 amide bonds. The first-order chi connectivity index (χ1) is 16.8. The zero-order chi connectivity index (χ0) is 25.4. The fourth-order valence-corrected chi connectivity index (χ4v) is 3.17. The number of hydrogen-bond acceptors (Lipinski definition) is 6. The number of rotatable bonds is 8. The zero-order valence-corrected chi connectivity index (χ0v) is 19.6. The topological polar surface area (TPSA) is 121 Å². The summed E-state index contributed by atoms with van der Waals surface area (Å²) in [5.74, 6) is -0.165. The summed E-state index contributed by atoms with van der Waals surface area (Å²) in [5, 5.41) is 24.2. The molecule has 8 heteroatoms. The minimum Gasteiger partial charge on any atom is -0.508 e. The van der Waals surface area contributed by atoms with Gasteiger partial charge in [0.1, 0.15) is 17.4 Å². The lowest BCUT2D eigenvalue weighted by Crippen LogP contribution is -2.21. The van der Waals surface area contributed by atoms with Crippen molar-refractivity contribution in [1.29, 1.82) is 5.26 Å². The van der Waals surface area contributed by atoms with Crippen molar-refractivity contribution in [3.05, 3.63) is 82.9 Å². The quantitative estimate of drug-likeness (QED) is 0.251. The van der Waals surface area contributed by atoms with Crippen molar-refractivity contribution in [1.82, 2.24) is 0 Å². The minimum absolute atomic E-state index is 0.0659. The lowest BCUT2D eigenvalue weighted by molar-refractivity contribution is -0.118. The number of hydrogen-bond donors (Lipinski definition) is 3. The number of carbonyl (C=O) groups excluding carboxylic acids is 2. The van der Waals surface area contributed by atoms with Gasteiger partial charge < -0.3 is 25.2 Å². The molecule has 3 N–H and O–H groups in total. The van der Waals surface area contributed by atoms with Crippen molar-refractivity contribution in [2.45, 2.75) is 13.8 Å². The molecular weight excluding hydrogens is 446 g/mol. The SMILES string of the molecule is COc1cc(/C=C(\C#N)C(=O)Nc2ccc(O)cc2)ccc1OCC(=O)Nc1cccc(C)c1C. The number of nitriles is 1. The molecule has 0 saturated heterocycles. The number of aromatic hydroxyl groups is 1. The largest absolute Gasteiger partial charge is 0.508 e. The van der Waals surface area contributed by atoms with E-state index in [-0.39, 0.29) is 23.8 Å². The van der Waals surface area contributed by atoms with E-state index in [1.807, 2.05) is 38.1 Å². The molecule has 0 aliphatic carbocycles. The molecule has 8 nitrogen and oxygen atoms in total. The van der Waals surface area contributed by atoms with Crippen molar-refractivity contribution in [2.24, 2.45) is 0 Å². The highest BCUT2D eigenvalue weighted by Gasteiger charge is 2.13. The molecule has 0 atom stereocenters. The highest BCUT2D eigenvalue weighted by molar-refractivity contribution is 6.09. The first-order valence-corrected chi connectivity index (χ1v) is 10.7. The first kappa shape index (κ1) is 24.9. The molecule has 3 aromatic carbocycles. The molecule has 0 bridgehead atoms. The van der Waals surface area contributed by atoms with Crippen LogP contribution in [0.15, 0.2) is 66.2 Å². The van der Waals surface area contributed by atoms with Gasteiger partial charge in [0, 0.05) is 11.4 Å². The van der Waals surface area contributed by atoms with Gasteiger partial charge >= 0.3 is 0 Å². The van der Waals surface area contributed by atoms with Gasteiger partial charge in [-0.05, 0) is 79.1 Å². The number of benzene rings is 3. The molecule has 35 heavy (non-hydrogen) atoms. The number of amides is 2. The molecule has 0 spiro atoms. The van der Waals surface area contributed by atoms with E-state index in [4.69, 9.17) is 9.47 Å². The van der Waals surface area contributed by atoms with Gasteiger partial charge in [0.05, 0.1) is 7.11 Å². The van der Waals surface area contributed by atoms with Crippen LogP contribution < -0.4 is 20.1 Å². The molecule has 0 aliphatic rings. The Bertz CT molecular complexity index is 1310. The normalized spacial score (nSPS) is 10.7. The maximum absolute atomic E-state index is 12.5. The highest BCUT2D eigenvalue weighted by Crippen LogP contribution is 2.29. The van der Waals surface area contributed by atoms with Gasteiger partial charge in [-0.15, -0.1) is 0 Å². The van der Waals surface area contributed by atoms with E-state index >= 15 is 0 Å². The summed E-state index contributed by atoms with van der Waals surface area (Å²) in [5.41, 5.74) is 3.63. The summed E-state index contributed by atoms with van der Waals surface area (Å²) in [6.45, 7) is 3.68. The number of nitrogens with zero attached hydrogens (tertiary/aromatic N) is 1. The van der Waals surface area contributed by atoms with Crippen LogP contribution in [0.2, 0.25) is 0 Å². The predicted molar refractivity (Wildman–Crippen MR) is 133 cm³/mol. The highest BCUT2D eigenvalue weighted by atomic mass is 16.5. The maximum atomic E-state index is 12.5. The number of aryl methyl sites for hydroxylation is 1. The Morgan fingerprint density at radius 3 is 2.46 bits per heavy atom. The van der Waals surface area contributed by atoms with E-state index in [0.717, 1.165) is 16.8 Å². The Morgan fingerprint density at radius 1 is 1.03 bits per heavy atom. The van der Waals surface area contributed by atoms with E-state index < -0.39 is 5.91 Å². The third-order valence-corrected chi connectivity index (χ3v) is 5.23. The molecule has 0 unspecified atom stereocenters. The van der Waals surface area contributed by atoms with Crippen LogP contribution in [0.4, 0.5) is 11.4 Å². The van der Waals surface area contributed by atoms with Crippen molar-refractivity contribution >= 4 is 29.3 Å². The lowest BCUT2D eigenvalue weighted by atomic mass is 10.1. The van der Waals surface area contributed by atoms with Crippen LogP contribution in [0, 0.1) is 25.2 Å². The van der Waals surface area contributed by atoms with Gasteiger partial charge in [-0.3, -0.25) is 9.59 Å². The number of phenolic OH excluding ortho intramolecular Hbond substituents is 1. The molecular formula is C27H25N3O5. The second-order valence-electron chi connectivity index (χ2n) is 7.67. The van der Waals surface area contributed by atoms with Gasteiger partial charge in [0.25, 0.3) is 11.8 Å². The van der Waals surface area contributed by atoms with Crippen molar-refractivity contribution in [3.8, 4) is 23.3 Å². The second-order valence-corrected chi connectivity index (χ2v) is 7.67. The summed E-state index contributed by atoms with van der Waals surface area (Å²) in [4.78, 5) is 24.8. The molecule has 0 radical (unpaired) electrons. The monoisotopic (exact) mass is 471 g/mol. The summed E-state index contributed by atoms with van der Waals surface area (Å²) in [6, 6.07) is 18.3. The Kier molecular flexibility index (Phi) is 8.09. The average molecular weight is 472 g/mol. The van der Waals surface area contributed by atoms with Crippen LogP contribution >= 0.6 is 0 Å². The average Bonchev–Trinajstić information content (AvgIpc) is 2.85. The van der Waals surface area contributed by atoms with E-state index in [2.05, 4.69) is 10.6 Å². The summed E-state index contributed by atoms with van der Waals surface area (Å²) in [6.07, 6.45) is 1.41. The van der Waals surface area contributed by atoms with Gasteiger partial charge in [-0.2, -0.15) is 5.26 Å². The lowest BCUT2D eigenvalue weighted by Gasteiger charge is -2.13. The van der Waals surface area contributed by atoms with E-state index in [0.29, 0.717) is 22.7 Å². The second kappa shape index (κ2) is 11.4. The number of anilines is 2. The van der Waals surface area contributed by atoms with Gasteiger partial charge in [-0.25, -0.2) is 0 Å². The van der Waals surface area contributed by atoms with Crippen LogP contribution in [0.5, 0.6) is 17.2 Å². The third kappa shape index (κ3) is 6.62. The first-order valence-electron chi connectivity index (χ1n) is 10.7. The number of carbonyl (C=O) groups is 2. The van der Waals surface area contributed by atoms with E-state index in [1.165, 1.54) is 37.5 Å². The molecule has 178 valence electrons. The standard InChI is InChI=1S/C27H25N3O5/c1-17-5-4-6-23(18(17)2)30-26(32)16-35-24-12-7-19(14-25(24)34-3)13-20(15-28)27(33)29-21-8-10-22(31)11-9-21/h4-14,31H,16H2,1-3H3,(H,29,33)(H,30,32)/b20-13+. The Hall–Kier alpha value is -4.77. The van der Waals surface area contributed by atoms with E-state index in [9.17, 15) is 20.0 Å². The van der Waals surface area contributed by atoms with Crippen LogP contribution in [0.3, 0.4) is 0 Å². The van der Waals surface area contributed by atoms with E-state index in [1.54, 1.807) is 18.2 Å². The summed E-state index contributed by atoms with van der Waals surface area (Å²) >= 11 is 0. The third-order valence-electron chi connectivity index (χ3n) is 5.23. The van der Waals surface area contributed by atoms with Crippen LogP contribution in [0.25, 0.3) is 6.08 Å². The zero-order valence-electron chi connectivity index (χ0n) is 19.6. The molecule has 0 heterocycles. The van der Waals surface area contributed by atoms with Crippen molar-refractivity contribution in [3.63, 3.8) is 0 Å². The van der Waals surface area contributed by atoms with Crippen molar-refractivity contribution in [2.75, 3.05) is 24.4 Å². The fraction of sp³-hybridized carbons (Fsp3) is 0.148. The number of methoxy groups -OCH3 is 1. The molecule has 3 aromatic rings. The Labute approximate surface area is 203 Å².